The first-order valence-electron chi connectivity index (χ1n) is 9.02. The summed E-state index contributed by atoms with van der Waals surface area (Å²) in [6.45, 7) is 2.32. The van der Waals surface area contributed by atoms with Crippen LogP contribution in [0.15, 0.2) is 53.4 Å². The number of sulfonamides is 1. The van der Waals surface area contributed by atoms with Crippen molar-refractivity contribution < 1.29 is 17.6 Å². The lowest BCUT2D eigenvalue weighted by molar-refractivity contribution is 0.0953. The van der Waals surface area contributed by atoms with Crippen LogP contribution in [-0.4, -0.2) is 30.7 Å². The van der Waals surface area contributed by atoms with Crippen molar-refractivity contribution in [2.24, 2.45) is 5.14 Å². The van der Waals surface area contributed by atoms with Gasteiger partial charge in [-0.25, -0.2) is 22.6 Å². The maximum absolute atomic E-state index is 13.1. The summed E-state index contributed by atoms with van der Waals surface area (Å²) < 4.78 is 37.1. The van der Waals surface area contributed by atoms with Crippen LogP contribution < -0.4 is 10.5 Å². The first-order valence-corrected chi connectivity index (χ1v) is 10.9. The number of aromatic nitrogens is 2. The molecule has 0 bridgehead atoms. The summed E-state index contributed by atoms with van der Waals surface area (Å²) >= 11 is 6.36. The molecule has 0 aliphatic rings. The van der Waals surface area contributed by atoms with Gasteiger partial charge in [0.05, 0.1) is 22.7 Å². The van der Waals surface area contributed by atoms with Gasteiger partial charge in [-0.3, -0.25) is 4.79 Å². The zero-order valence-corrected chi connectivity index (χ0v) is 17.7. The van der Waals surface area contributed by atoms with E-state index in [0.29, 0.717) is 25.2 Å². The first kappa shape index (κ1) is 21.9. The zero-order chi connectivity index (χ0) is 21.9. The van der Waals surface area contributed by atoms with Crippen LogP contribution >= 0.6 is 11.6 Å². The summed E-state index contributed by atoms with van der Waals surface area (Å²) in [6.07, 6.45) is 0.497. The fourth-order valence-electron chi connectivity index (χ4n) is 2.93. The fourth-order valence-corrected chi connectivity index (χ4v) is 3.77. The second-order valence-corrected chi connectivity index (χ2v) is 8.65. The molecule has 0 aliphatic heterocycles. The van der Waals surface area contributed by atoms with Crippen LogP contribution in [0.4, 0.5) is 4.39 Å². The number of hydrogen-bond donors (Lipinski definition) is 2. The Bertz CT molecular complexity index is 1160. The van der Waals surface area contributed by atoms with Gasteiger partial charge in [-0.2, -0.15) is 5.10 Å². The number of aryl methyl sites for hydroxylation is 1. The third kappa shape index (κ3) is 5.24. The van der Waals surface area contributed by atoms with Crippen molar-refractivity contribution in [2.75, 3.05) is 6.54 Å². The minimum absolute atomic E-state index is 0.0336. The SMILES string of the molecule is Cc1nn(Cc2ccc(F)cc2)c(Cl)c1C(=O)NCCc1ccc(S(N)(=O)=O)cc1. The molecule has 0 saturated heterocycles. The van der Waals surface area contributed by atoms with Crippen LogP contribution in [0.5, 0.6) is 0 Å². The van der Waals surface area contributed by atoms with E-state index in [1.54, 1.807) is 31.2 Å². The van der Waals surface area contributed by atoms with Gasteiger partial charge in [-0.05, 0) is 48.7 Å². The summed E-state index contributed by atoms with van der Waals surface area (Å²) in [5.74, 6) is -0.690. The van der Waals surface area contributed by atoms with Crippen molar-refractivity contribution >= 4 is 27.5 Å². The summed E-state index contributed by atoms with van der Waals surface area (Å²) in [6, 6.07) is 12.1. The smallest absolute Gasteiger partial charge is 0.256 e. The van der Waals surface area contributed by atoms with E-state index in [1.165, 1.54) is 28.9 Å². The highest BCUT2D eigenvalue weighted by atomic mass is 35.5. The van der Waals surface area contributed by atoms with E-state index in [-0.39, 0.29) is 27.3 Å². The predicted octanol–water partition coefficient (Wildman–Crippen LogP) is 2.65. The van der Waals surface area contributed by atoms with Gasteiger partial charge in [-0.1, -0.05) is 35.9 Å². The van der Waals surface area contributed by atoms with Crippen molar-refractivity contribution in [3.05, 3.63) is 81.9 Å². The number of nitrogens with two attached hydrogens (primary N) is 1. The number of carbonyl (C=O) groups is 1. The van der Waals surface area contributed by atoms with Crippen LogP contribution in [0.2, 0.25) is 5.15 Å². The Morgan fingerprint density at radius 3 is 2.33 bits per heavy atom. The van der Waals surface area contributed by atoms with Gasteiger partial charge in [0.2, 0.25) is 10.0 Å². The molecule has 30 heavy (non-hydrogen) atoms. The Morgan fingerprint density at radius 2 is 1.73 bits per heavy atom. The number of carbonyl (C=O) groups excluding carboxylic acids is 1. The van der Waals surface area contributed by atoms with Gasteiger partial charge in [-0.15, -0.1) is 0 Å². The molecule has 158 valence electrons. The highest BCUT2D eigenvalue weighted by Gasteiger charge is 2.20. The van der Waals surface area contributed by atoms with Gasteiger partial charge < -0.3 is 5.32 Å². The quantitative estimate of drug-likeness (QED) is 0.577. The van der Waals surface area contributed by atoms with Crippen LogP contribution in [0.3, 0.4) is 0 Å². The number of benzene rings is 2. The third-order valence-electron chi connectivity index (χ3n) is 4.49. The molecule has 0 fully saturated rings. The number of amides is 1. The molecule has 0 unspecified atom stereocenters. The maximum atomic E-state index is 13.1. The minimum Gasteiger partial charge on any atom is -0.352 e. The molecule has 0 atom stereocenters. The number of nitrogens with one attached hydrogen (secondary N) is 1. The van der Waals surface area contributed by atoms with Gasteiger partial charge in [0.15, 0.2) is 0 Å². The molecular weight excluding hydrogens is 431 g/mol. The van der Waals surface area contributed by atoms with E-state index >= 15 is 0 Å². The molecule has 0 aliphatic carbocycles. The molecule has 3 rings (SSSR count). The van der Waals surface area contributed by atoms with Crippen molar-refractivity contribution in [3.8, 4) is 0 Å². The standard InChI is InChI=1S/C20H20ClFN4O3S/c1-13-18(19(21)26(25-13)12-15-2-6-16(22)7-3-15)20(27)24-11-10-14-4-8-17(9-5-14)30(23,28)29/h2-9H,10-12H2,1H3,(H,24,27)(H2,23,28,29). The molecule has 3 N–H and O–H groups in total. The second-order valence-electron chi connectivity index (χ2n) is 6.73. The lowest BCUT2D eigenvalue weighted by Crippen LogP contribution is -2.26. The average Bonchev–Trinajstić information content (AvgIpc) is 2.96. The largest absolute Gasteiger partial charge is 0.352 e. The Balaban J connectivity index is 1.63. The van der Waals surface area contributed by atoms with E-state index < -0.39 is 10.0 Å². The Labute approximate surface area is 178 Å². The molecule has 2 aromatic carbocycles. The topological polar surface area (TPSA) is 107 Å². The van der Waals surface area contributed by atoms with Gasteiger partial charge in [0.25, 0.3) is 5.91 Å². The maximum Gasteiger partial charge on any atom is 0.256 e. The number of nitrogens with zero attached hydrogens (tertiary/aromatic N) is 2. The monoisotopic (exact) mass is 450 g/mol. The summed E-state index contributed by atoms with van der Waals surface area (Å²) in [7, 11) is -3.73. The molecule has 1 heterocycles. The molecule has 3 aromatic rings. The normalized spacial score (nSPS) is 11.5. The molecule has 0 radical (unpaired) electrons. The molecule has 1 aromatic heterocycles. The number of primary sulfonamides is 1. The van der Waals surface area contributed by atoms with E-state index in [0.717, 1.165) is 11.1 Å². The predicted molar refractivity (Wildman–Crippen MR) is 111 cm³/mol. The van der Waals surface area contributed by atoms with Crippen molar-refractivity contribution in [3.63, 3.8) is 0 Å². The lowest BCUT2D eigenvalue weighted by atomic mass is 10.1. The Hall–Kier alpha value is -2.75. The van der Waals surface area contributed by atoms with E-state index in [4.69, 9.17) is 16.7 Å². The fraction of sp³-hybridized carbons (Fsp3) is 0.200. The number of halogens is 2. The van der Waals surface area contributed by atoms with Crippen LogP contribution in [0.1, 0.15) is 27.2 Å². The Morgan fingerprint density at radius 1 is 1.13 bits per heavy atom. The van der Waals surface area contributed by atoms with E-state index in [1.807, 2.05) is 0 Å². The molecule has 7 nitrogen and oxygen atoms in total. The molecule has 0 spiro atoms. The van der Waals surface area contributed by atoms with Crippen molar-refractivity contribution in [2.45, 2.75) is 24.8 Å². The second kappa shape index (κ2) is 8.95. The Kier molecular flexibility index (Phi) is 6.55. The van der Waals surface area contributed by atoms with Crippen LogP contribution in [0, 0.1) is 12.7 Å². The summed E-state index contributed by atoms with van der Waals surface area (Å²) in [4.78, 5) is 12.6. The summed E-state index contributed by atoms with van der Waals surface area (Å²) in [5.41, 5.74) is 2.41. The van der Waals surface area contributed by atoms with Crippen molar-refractivity contribution in [1.29, 1.82) is 0 Å². The molecule has 1 amide bonds. The van der Waals surface area contributed by atoms with Crippen LogP contribution in [-0.2, 0) is 23.0 Å². The minimum atomic E-state index is -3.73. The zero-order valence-electron chi connectivity index (χ0n) is 16.1. The van der Waals surface area contributed by atoms with Gasteiger partial charge >= 0.3 is 0 Å². The lowest BCUT2D eigenvalue weighted by Gasteiger charge is -2.07. The molecular formula is C20H20ClFN4O3S. The average molecular weight is 451 g/mol. The first-order chi connectivity index (χ1) is 14.1. The van der Waals surface area contributed by atoms with Crippen LogP contribution in [0.25, 0.3) is 0 Å². The molecule has 10 heteroatoms. The number of hydrogen-bond acceptors (Lipinski definition) is 4. The van der Waals surface area contributed by atoms with Gasteiger partial charge in [0.1, 0.15) is 11.0 Å². The van der Waals surface area contributed by atoms with Crippen molar-refractivity contribution in [1.82, 2.24) is 15.1 Å². The van der Waals surface area contributed by atoms with Gasteiger partial charge in [0, 0.05) is 6.54 Å². The highest BCUT2D eigenvalue weighted by Crippen LogP contribution is 2.21. The summed E-state index contributed by atoms with van der Waals surface area (Å²) in [5, 5.41) is 12.4. The molecule has 0 saturated carbocycles. The number of rotatable bonds is 7. The van der Waals surface area contributed by atoms with E-state index in [9.17, 15) is 17.6 Å². The third-order valence-corrected chi connectivity index (χ3v) is 5.80. The highest BCUT2D eigenvalue weighted by molar-refractivity contribution is 7.89. The van der Waals surface area contributed by atoms with E-state index in [2.05, 4.69) is 10.4 Å².